The first-order chi connectivity index (χ1) is 8.08. The molecule has 5 nitrogen and oxygen atoms in total. The molecule has 1 N–H and O–H groups in total. The lowest BCUT2D eigenvalue weighted by Crippen LogP contribution is -2.35. The van der Waals surface area contributed by atoms with Gasteiger partial charge in [-0.25, -0.2) is 0 Å². The standard InChI is InChI=1S/C12H22N4O/c1-5-15(6-2)12(17)9-13-11-7-8-16(14-11)10(3)4/h7-8,10H,5-6,9H2,1-4H3,(H,13,14). The summed E-state index contributed by atoms with van der Waals surface area (Å²) in [6.07, 6.45) is 1.91. The van der Waals surface area contributed by atoms with Crippen LogP contribution in [-0.4, -0.2) is 40.2 Å². The number of nitrogens with zero attached hydrogens (tertiary/aromatic N) is 3. The van der Waals surface area contributed by atoms with Crippen molar-refractivity contribution in [2.75, 3.05) is 25.0 Å². The van der Waals surface area contributed by atoms with Gasteiger partial charge in [-0.1, -0.05) is 0 Å². The number of amides is 1. The Labute approximate surface area is 103 Å². The summed E-state index contributed by atoms with van der Waals surface area (Å²) in [6.45, 7) is 9.89. The van der Waals surface area contributed by atoms with Crippen LogP contribution >= 0.6 is 0 Å². The van der Waals surface area contributed by atoms with E-state index in [4.69, 9.17) is 0 Å². The van der Waals surface area contributed by atoms with Crippen molar-refractivity contribution in [2.24, 2.45) is 0 Å². The lowest BCUT2D eigenvalue weighted by Gasteiger charge is -2.18. The summed E-state index contributed by atoms with van der Waals surface area (Å²) in [5, 5.41) is 7.37. The predicted octanol–water partition coefficient (Wildman–Crippen LogP) is 1.74. The monoisotopic (exact) mass is 238 g/mol. The fourth-order valence-electron chi connectivity index (χ4n) is 1.57. The van der Waals surface area contributed by atoms with Crippen molar-refractivity contribution in [3.8, 4) is 0 Å². The van der Waals surface area contributed by atoms with Gasteiger partial charge in [-0.15, -0.1) is 0 Å². The van der Waals surface area contributed by atoms with Crippen molar-refractivity contribution in [2.45, 2.75) is 33.7 Å². The third kappa shape index (κ3) is 3.76. The van der Waals surface area contributed by atoms with E-state index in [1.54, 1.807) is 4.90 Å². The Hall–Kier alpha value is -1.52. The lowest BCUT2D eigenvalue weighted by molar-refractivity contribution is -0.128. The maximum absolute atomic E-state index is 11.7. The Bertz CT molecular complexity index is 355. The maximum atomic E-state index is 11.7. The molecule has 1 amide bonds. The number of hydrogen-bond acceptors (Lipinski definition) is 3. The Morgan fingerprint density at radius 3 is 2.59 bits per heavy atom. The van der Waals surface area contributed by atoms with Gasteiger partial charge in [-0.2, -0.15) is 5.10 Å². The second-order valence-electron chi connectivity index (χ2n) is 4.19. The third-order valence-electron chi connectivity index (χ3n) is 2.67. The molecule has 0 saturated heterocycles. The van der Waals surface area contributed by atoms with Gasteiger partial charge in [0.25, 0.3) is 0 Å². The minimum atomic E-state index is 0.106. The minimum absolute atomic E-state index is 0.106. The molecule has 17 heavy (non-hydrogen) atoms. The fourth-order valence-corrected chi connectivity index (χ4v) is 1.57. The van der Waals surface area contributed by atoms with Gasteiger partial charge in [0.05, 0.1) is 6.54 Å². The lowest BCUT2D eigenvalue weighted by atomic mass is 10.4. The molecule has 0 atom stereocenters. The quantitative estimate of drug-likeness (QED) is 0.821. The summed E-state index contributed by atoms with van der Waals surface area (Å²) in [6, 6.07) is 2.22. The molecule has 0 aliphatic rings. The zero-order valence-electron chi connectivity index (χ0n) is 11.1. The SMILES string of the molecule is CCN(CC)C(=O)CNc1ccn(C(C)C)n1. The predicted molar refractivity (Wildman–Crippen MR) is 69.0 cm³/mol. The first-order valence-electron chi connectivity index (χ1n) is 6.15. The molecule has 0 aromatic carbocycles. The molecule has 0 aliphatic heterocycles. The largest absolute Gasteiger partial charge is 0.360 e. The minimum Gasteiger partial charge on any atom is -0.360 e. The molecule has 0 radical (unpaired) electrons. The normalized spacial score (nSPS) is 10.6. The molecule has 5 heteroatoms. The van der Waals surface area contributed by atoms with Gasteiger partial charge in [-0.05, 0) is 27.7 Å². The summed E-state index contributed by atoms with van der Waals surface area (Å²) in [7, 11) is 0. The molecular formula is C12H22N4O. The Kier molecular flexibility index (Phi) is 5.00. The summed E-state index contributed by atoms with van der Waals surface area (Å²) >= 11 is 0. The highest BCUT2D eigenvalue weighted by Crippen LogP contribution is 2.07. The van der Waals surface area contributed by atoms with E-state index >= 15 is 0 Å². The topological polar surface area (TPSA) is 50.2 Å². The maximum Gasteiger partial charge on any atom is 0.241 e. The second kappa shape index (κ2) is 6.27. The molecule has 0 spiro atoms. The zero-order chi connectivity index (χ0) is 12.8. The van der Waals surface area contributed by atoms with Gasteiger partial charge in [0.2, 0.25) is 5.91 Å². The molecule has 0 unspecified atom stereocenters. The highest BCUT2D eigenvalue weighted by atomic mass is 16.2. The van der Waals surface area contributed by atoms with Gasteiger partial charge in [-0.3, -0.25) is 9.48 Å². The molecule has 0 aliphatic carbocycles. The summed E-state index contributed by atoms with van der Waals surface area (Å²) < 4.78 is 1.87. The zero-order valence-corrected chi connectivity index (χ0v) is 11.1. The van der Waals surface area contributed by atoms with Crippen LogP contribution in [-0.2, 0) is 4.79 Å². The Morgan fingerprint density at radius 1 is 1.47 bits per heavy atom. The Balaban J connectivity index is 2.47. The van der Waals surface area contributed by atoms with Gasteiger partial charge < -0.3 is 10.2 Å². The summed E-state index contributed by atoms with van der Waals surface area (Å²) in [4.78, 5) is 13.5. The fraction of sp³-hybridized carbons (Fsp3) is 0.667. The van der Waals surface area contributed by atoms with Crippen LogP contribution in [0.2, 0.25) is 0 Å². The van der Waals surface area contributed by atoms with E-state index in [9.17, 15) is 4.79 Å². The molecule has 1 aromatic heterocycles. The summed E-state index contributed by atoms with van der Waals surface area (Å²) in [5.41, 5.74) is 0. The number of anilines is 1. The van der Waals surface area contributed by atoms with Crippen LogP contribution < -0.4 is 5.32 Å². The number of aromatic nitrogens is 2. The number of carbonyl (C=O) groups is 1. The van der Waals surface area contributed by atoms with Crippen molar-refractivity contribution in [1.82, 2.24) is 14.7 Å². The first kappa shape index (κ1) is 13.5. The van der Waals surface area contributed by atoms with E-state index in [0.29, 0.717) is 12.6 Å². The molecule has 1 aromatic rings. The highest BCUT2D eigenvalue weighted by molar-refractivity contribution is 5.80. The van der Waals surface area contributed by atoms with Crippen LogP contribution in [0, 0.1) is 0 Å². The van der Waals surface area contributed by atoms with Gasteiger partial charge >= 0.3 is 0 Å². The highest BCUT2D eigenvalue weighted by Gasteiger charge is 2.09. The summed E-state index contributed by atoms with van der Waals surface area (Å²) in [5.74, 6) is 0.855. The number of carbonyl (C=O) groups excluding carboxylic acids is 1. The van der Waals surface area contributed by atoms with Crippen molar-refractivity contribution in [1.29, 1.82) is 0 Å². The number of hydrogen-bond donors (Lipinski definition) is 1. The van der Waals surface area contributed by atoms with E-state index in [1.165, 1.54) is 0 Å². The van der Waals surface area contributed by atoms with E-state index in [0.717, 1.165) is 18.9 Å². The molecule has 0 saturated carbocycles. The van der Waals surface area contributed by atoms with Crippen molar-refractivity contribution in [3.63, 3.8) is 0 Å². The molecule has 96 valence electrons. The average Bonchev–Trinajstić information content (AvgIpc) is 2.76. The molecule has 0 bridgehead atoms. The van der Waals surface area contributed by atoms with Crippen LogP contribution in [0.25, 0.3) is 0 Å². The first-order valence-corrected chi connectivity index (χ1v) is 6.15. The third-order valence-corrected chi connectivity index (χ3v) is 2.67. The Morgan fingerprint density at radius 2 is 2.12 bits per heavy atom. The van der Waals surface area contributed by atoms with Gasteiger partial charge in [0.1, 0.15) is 5.82 Å². The number of likely N-dealkylation sites (N-methyl/N-ethyl adjacent to an activating group) is 1. The van der Waals surface area contributed by atoms with Crippen molar-refractivity contribution in [3.05, 3.63) is 12.3 Å². The number of rotatable bonds is 6. The van der Waals surface area contributed by atoms with E-state index in [1.807, 2.05) is 30.8 Å². The molecule has 1 rings (SSSR count). The van der Waals surface area contributed by atoms with E-state index < -0.39 is 0 Å². The van der Waals surface area contributed by atoms with E-state index in [-0.39, 0.29) is 5.91 Å². The number of nitrogens with one attached hydrogen (secondary N) is 1. The van der Waals surface area contributed by atoms with Crippen LogP contribution in [0.5, 0.6) is 0 Å². The average molecular weight is 238 g/mol. The van der Waals surface area contributed by atoms with Gasteiger partial charge in [0.15, 0.2) is 0 Å². The van der Waals surface area contributed by atoms with Crippen molar-refractivity contribution >= 4 is 11.7 Å². The van der Waals surface area contributed by atoms with Crippen LogP contribution in [0.4, 0.5) is 5.82 Å². The smallest absolute Gasteiger partial charge is 0.241 e. The molecule has 0 fully saturated rings. The van der Waals surface area contributed by atoms with Crippen LogP contribution in [0.1, 0.15) is 33.7 Å². The van der Waals surface area contributed by atoms with Crippen LogP contribution in [0.3, 0.4) is 0 Å². The van der Waals surface area contributed by atoms with E-state index in [2.05, 4.69) is 24.3 Å². The second-order valence-corrected chi connectivity index (χ2v) is 4.19. The van der Waals surface area contributed by atoms with Crippen LogP contribution in [0.15, 0.2) is 12.3 Å². The molecular weight excluding hydrogens is 216 g/mol. The van der Waals surface area contributed by atoms with Gasteiger partial charge in [0, 0.05) is 31.4 Å². The molecule has 1 heterocycles. The van der Waals surface area contributed by atoms with Crippen molar-refractivity contribution < 1.29 is 4.79 Å².